The molecule has 2 aromatic rings. The zero-order valence-electron chi connectivity index (χ0n) is 22.5. The van der Waals surface area contributed by atoms with Crippen LogP contribution in [0.25, 0.3) is 5.57 Å². The number of non-ortho nitro benzene ring substituents is 1. The Morgan fingerprint density at radius 2 is 1.51 bits per heavy atom. The summed E-state index contributed by atoms with van der Waals surface area (Å²) in [6.45, 7) is 13.0. The van der Waals surface area contributed by atoms with Gasteiger partial charge in [0, 0.05) is 23.3 Å². The Bertz CT molecular complexity index is 1230. The number of benzene rings is 2. The molecule has 0 radical (unpaired) electrons. The van der Waals surface area contributed by atoms with Crippen LogP contribution in [0.2, 0.25) is 16.6 Å². The van der Waals surface area contributed by atoms with E-state index in [1.54, 1.807) is 31.4 Å². The van der Waals surface area contributed by atoms with Gasteiger partial charge in [0.15, 0.2) is 0 Å². The van der Waals surface area contributed by atoms with E-state index in [9.17, 15) is 20.0 Å². The van der Waals surface area contributed by atoms with Crippen LogP contribution in [-0.4, -0.2) is 31.5 Å². The van der Waals surface area contributed by atoms with Crippen molar-refractivity contribution in [3.05, 3.63) is 75.8 Å². The van der Waals surface area contributed by atoms with Crippen LogP contribution in [0.15, 0.2) is 54.6 Å². The topological polar surface area (TPSA) is 89.7 Å². The van der Waals surface area contributed by atoms with E-state index in [4.69, 9.17) is 4.74 Å². The lowest BCUT2D eigenvalue weighted by atomic mass is 9.94. The zero-order valence-corrected chi connectivity index (χ0v) is 23.5. The van der Waals surface area contributed by atoms with E-state index < -0.39 is 18.6 Å². The van der Waals surface area contributed by atoms with Gasteiger partial charge < -0.3 is 9.84 Å². The van der Waals surface area contributed by atoms with Crippen molar-refractivity contribution in [3.63, 3.8) is 0 Å². The first kappa shape index (κ1) is 29.6. The van der Waals surface area contributed by atoms with Gasteiger partial charge in [-0.3, -0.25) is 14.9 Å². The molecule has 2 aromatic carbocycles. The molecule has 6 nitrogen and oxygen atoms in total. The molecule has 0 aliphatic carbocycles. The van der Waals surface area contributed by atoms with Gasteiger partial charge in [0.05, 0.1) is 12.0 Å². The number of aliphatic hydroxyl groups is 1. The number of carbonyl (C=O) groups excluding carboxylic acids is 1. The number of nitrogens with zero attached hydrogens (tertiary/aromatic N) is 1. The van der Waals surface area contributed by atoms with Gasteiger partial charge in [-0.1, -0.05) is 65.5 Å². The number of methoxy groups -OCH3 is 1. The van der Waals surface area contributed by atoms with Crippen molar-refractivity contribution in [1.29, 1.82) is 0 Å². The molecule has 0 heterocycles. The first-order valence-electron chi connectivity index (χ1n) is 12.3. The van der Waals surface area contributed by atoms with Crippen molar-refractivity contribution in [2.24, 2.45) is 0 Å². The van der Waals surface area contributed by atoms with Gasteiger partial charge >= 0.3 is 0 Å². The smallest absolute Gasteiger partial charge is 0.269 e. The molecular formula is C30H35NO5Si. The molecular weight excluding hydrogens is 482 g/mol. The molecule has 1 atom stereocenters. The molecule has 37 heavy (non-hydrogen) atoms. The Balaban J connectivity index is 2.75. The SMILES string of the molecule is COc1ccc(/C(C#CC(O)(C#C[Si](C(C)C)(C(C)C)C(C)C)c2ccc([N+](=O)[O-])cc2)=C/C=O)cc1. The maximum absolute atomic E-state index is 11.8. The average Bonchev–Trinajstić information content (AvgIpc) is 2.86. The van der Waals surface area contributed by atoms with Crippen LogP contribution in [0.3, 0.4) is 0 Å². The standard InChI is InChI=1S/C30H35NO5Si/c1-22(2)37(23(3)4,24(5)6)21-19-30(33,27-10-12-28(13-11-27)31(34)35)18-16-26(17-20-32)25-8-14-29(36-7)15-9-25/h8-15,17,20,22-24,33H,1-7H3/b26-17+. The molecule has 1 unspecified atom stereocenters. The fourth-order valence-electron chi connectivity index (χ4n) is 4.84. The fraction of sp³-hybridized carbons (Fsp3) is 0.367. The van der Waals surface area contributed by atoms with Gasteiger partial charge in [-0.2, -0.15) is 0 Å². The number of hydrogen-bond donors (Lipinski definition) is 1. The second-order valence-electron chi connectivity index (χ2n) is 9.86. The Morgan fingerprint density at radius 3 is 1.95 bits per heavy atom. The summed E-state index contributed by atoms with van der Waals surface area (Å²) in [5, 5.41) is 23.0. The third kappa shape index (κ3) is 6.77. The van der Waals surface area contributed by atoms with Crippen LogP contribution < -0.4 is 4.74 Å². The van der Waals surface area contributed by atoms with E-state index in [2.05, 4.69) is 64.8 Å². The van der Waals surface area contributed by atoms with E-state index in [1.807, 2.05) is 0 Å². The first-order valence-corrected chi connectivity index (χ1v) is 14.5. The summed E-state index contributed by atoms with van der Waals surface area (Å²) in [4.78, 5) is 22.1. The summed E-state index contributed by atoms with van der Waals surface area (Å²) >= 11 is 0. The normalized spacial score (nSPS) is 13.3. The average molecular weight is 518 g/mol. The van der Waals surface area contributed by atoms with Crippen molar-refractivity contribution in [2.45, 2.75) is 63.8 Å². The number of nitro benzene ring substituents is 1. The van der Waals surface area contributed by atoms with Crippen LogP contribution >= 0.6 is 0 Å². The molecule has 0 aromatic heterocycles. The van der Waals surface area contributed by atoms with E-state index in [-0.39, 0.29) is 5.69 Å². The van der Waals surface area contributed by atoms with Gasteiger partial charge in [-0.25, -0.2) is 0 Å². The van der Waals surface area contributed by atoms with Crippen LogP contribution in [0.5, 0.6) is 5.75 Å². The molecule has 194 valence electrons. The highest BCUT2D eigenvalue weighted by Gasteiger charge is 2.42. The maximum atomic E-state index is 11.8. The van der Waals surface area contributed by atoms with Gasteiger partial charge in [-0.05, 0) is 58.4 Å². The van der Waals surface area contributed by atoms with Gasteiger partial charge in [0.2, 0.25) is 5.60 Å². The van der Waals surface area contributed by atoms with Crippen molar-refractivity contribution in [1.82, 2.24) is 0 Å². The van der Waals surface area contributed by atoms with E-state index >= 15 is 0 Å². The van der Waals surface area contributed by atoms with Gasteiger partial charge in [0.25, 0.3) is 5.69 Å². The number of nitro groups is 1. The predicted octanol–water partition coefficient (Wildman–Crippen LogP) is 6.30. The van der Waals surface area contributed by atoms with Crippen molar-refractivity contribution in [3.8, 4) is 29.1 Å². The minimum absolute atomic E-state index is 0.0953. The summed E-state index contributed by atoms with van der Waals surface area (Å²) in [5.41, 5.74) is 3.92. The highest BCUT2D eigenvalue weighted by atomic mass is 28.3. The third-order valence-electron chi connectivity index (χ3n) is 6.84. The van der Waals surface area contributed by atoms with Crippen LogP contribution in [0.4, 0.5) is 5.69 Å². The lowest BCUT2D eigenvalue weighted by molar-refractivity contribution is -0.384. The predicted molar refractivity (Wildman–Crippen MR) is 151 cm³/mol. The van der Waals surface area contributed by atoms with Crippen molar-refractivity contribution in [2.75, 3.05) is 7.11 Å². The Hall–Kier alpha value is -3.65. The van der Waals surface area contributed by atoms with Crippen LogP contribution in [0.1, 0.15) is 52.7 Å². The first-order chi connectivity index (χ1) is 17.4. The lowest BCUT2D eigenvalue weighted by Gasteiger charge is -2.38. The molecule has 1 N–H and O–H groups in total. The lowest BCUT2D eigenvalue weighted by Crippen LogP contribution is -2.43. The highest BCUT2D eigenvalue weighted by molar-refractivity contribution is 6.90. The Morgan fingerprint density at radius 1 is 0.973 bits per heavy atom. The summed E-state index contributed by atoms with van der Waals surface area (Å²) < 4.78 is 5.20. The minimum atomic E-state index is -2.23. The second kappa shape index (κ2) is 12.5. The fourth-order valence-corrected chi connectivity index (χ4v) is 10.1. The number of carbonyl (C=O) groups is 1. The van der Waals surface area contributed by atoms with E-state index in [1.165, 1.54) is 30.3 Å². The van der Waals surface area contributed by atoms with Crippen molar-refractivity contribution < 1.29 is 19.6 Å². The molecule has 7 heteroatoms. The van der Waals surface area contributed by atoms with Gasteiger partial charge in [-0.15, -0.1) is 5.54 Å². The Kier molecular flexibility index (Phi) is 10.0. The largest absolute Gasteiger partial charge is 0.497 e. The highest BCUT2D eigenvalue weighted by Crippen LogP contribution is 2.41. The molecule has 0 amide bonds. The number of aldehydes is 1. The molecule has 0 saturated carbocycles. The second-order valence-corrected chi connectivity index (χ2v) is 15.4. The molecule has 0 fully saturated rings. The Labute approximate surface area is 220 Å². The molecule has 0 bridgehead atoms. The number of hydrogen-bond acceptors (Lipinski definition) is 5. The van der Waals surface area contributed by atoms with E-state index in [0.717, 1.165) is 0 Å². The minimum Gasteiger partial charge on any atom is -0.497 e. The molecule has 2 rings (SSSR count). The van der Waals surface area contributed by atoms with Crippen LogP contribution in [0, 0.1) is 33.4 Å². The maximum Gasteiger partial charge on any atom is 0.269 e. The summed E-state index contributed by atoms with van der Waals surface area (Å²) in [5.74, 6) is 9.59. The van der Waals surface area contributed by atoms with Gasteiger partial charge in [0.1, 0.15) is 20.1 Å². The quantitative estimate of drug-likeness (QED) is 0.111. The molecule has 0 spiro atoms. The van der Waals surface area contributed by atoms with E-state index in [0.29, 0.717) is 45.4 Å². The molecule has 0 aliphatic rings. The summed E-state index contributed by atoms with van der Waals surface area (Å²) in [6, 6.07) is 12.7. The van der Waals surface area contributed by atoms with Crippen molar-refractivity contribution >= 4 is 25.6 Å². The third-order valence-corrected chi connectivity index (χ3v) is 13.1. The molecule has 0 aliphatic heterocycles. The number of allylic oxidation sites excluding steroid dienone is 2. The number of rotatable bonds is 8. The summed E-state index contributed by atoms with van der Waals surface area (Å²) in [7, 11) is -0.662. The summed E-state index contributed by atoms with van der Waals surface area (Å²) in [6.07, 6.45) is 1.97. The molecule has 0 saturated heterocycles. The number of ether oxygens (including phenoxy) is 1. The van der Waals surface area contributed by atoms with Crippen LogP contribution in [-0.2, 0) is 10.4 Å². The zero-order chi connectivity index (χ0) is 27.8. The monoisotopic (exact) mass is 517 g/mol.